The number of ether oxygens (including phenoxy) is 2. The van der Waals surface area contributed by atoms with Gasteiger partial charge in [-0.25, -0.2) is 4.57 Å². The zero-order chi connectivity index (χ0) is 37.4. The summed E-state index contributed by atoms with van der Waals surface area (Å²) in [5, 5.41) is 0. The molecule has 7 nitrogen and oxygen atoms in total. The van der Waals surface area contributed by atoms with Crippen molar-refractivity contribution >= 4 is 13.8 Å². The number of allylic oxidation sites excluding steroid dienone is 12. The van der Waals surface area contributed by atoms with Crippen LogP contribution < -0.4 is 0 Å². The standard InChI is InChI=1S/C43H75O7P/c1-3-5-7-9-11-13-15-17-19-21-22-23-24-26-28-30-32-34-36-38-43(44)50-42(41-49-51(45,46)47)40-48-39-37-35-33-31-29-27-25-20-18-16-14-12-10-8-6-4-2/h5,7,11,13,17,19,22-23,26,28,32,34,42H,3-4,6,8-10,12,14-16,18,20-21,24-25,27,29-31,33,35-41H2,1-2H3,(H2,45,46,47)/b7-5-,13-11-,19-17-,23-22-,28-26-,34-32-/t42-/m1/s1. The van der Waals surface area contributed by atoms with Crippen molar-refractivity contribution in [2.45, 2.75) is 174 Å². The monoisotopic (exact) mass is 735 g/mol. The molecular weight excluding hydrogens is 659 g/mol. The number of carbonyl (C=O) groups is 1. The highest BCUT2D eigenvalue weighted by Crippen LogP contribution is 2.35. The summed E-state index contributed by atoms with van der Waals surface area (Å²) in [6, 6.07) is 0. The summed E-state index contributed by atoms with van der Waals surface area (Å²) in [5.74, 6) is -0.445. The smallest absolute Gasteiger partial charge is 0.457 e. The van der Waals surface area contributed by atoms with E-state index in [4.69, 9.17) is 19.3 Å². The average Bonchev–Trinajstić information content (AvgIpc) is 3.10. The maximum Gasteiger partial charge on any atom is 0.469 e. The molecule has 0 aromatic rings. The van der Waals surface area contributed by atoms with Crippen LogP contribution >= 0.6 is 7.82 Å². The molecule has 294 valence electrons. The molecule has 0 saturated heterocycles. The number of esters is 1. The Hall–Kier alpha value is -2.02. The van der Waals surface area contributed by atoms with E-state index in [1.807, 2.05) is 12.2 Å². The maximum atomic E-state index is 12.4. The molecule has 0 aliphatic heterocycles. The highest BCUT2D eigenvalue weighted by atomic mass is 31.2. The summed E-state index contributed by atoms with van der Waals surface area (Å²) in [4.78, 5) is 30.5. The molecule has 0 aromatic heterocycles. The van der Waals surface area contributed by atoms with Crippen molar-refractivity contribution in [3.8, 4) is 0 Å². The van der Waals surface area contributed by atoms with Crippen LogP contribution in [0.15, 0.2) is 72.9 Å². The van der Waals surface area contributed by atoms with Crippen molar-refractivity contribution in [2.24, 2.45) is 0 Å². The Morgan fingerprint density at radius 2 is 0.941 bits per heavy atom. The van der Waals surface area contributed by atoms with E-state index in [9.17, 15) is 9.36 Å². The Kier molecular flexibility index (Phi) is 37.6. The van der Waals surface area contributed by atoms with Crippen LogP contribution in [-0.4, -0.2) is 41.7 Å². The van der Waals surface area contributed by atoms with Gasteiger partial charge < -0.3 is 19.3 Å². The van der Waals surface area contributed by atoms with Gasteiger partial charge in [0.1, 0.15) is 6.10 Å². The first-order valence-corrected chi connectivity index (χ1v) is 21.8. The van der Waals surface area contributed by atoms with E-state index >= 15 is 0 Å². The van der Waals surface area contributed by atoms with Crippen LogP contribution in [0.25, 0.3) is 0 Å². The van der Waals surface area contributed by atoms with Gasteiger partial charge in [0.2, 0.25) is 0 Å². The van der Waals surface area contributed by atoms with Gasteiger partial charge in [-0.2, -0.15) is 0 Å². The fourth-order valence-corrected chi connectivity index (χ4v) is 5.71. The molecule has 1 atom stereocenters. The third-order valence-corrected chi connectivity index (χ3v) is 8.77. The molecule has 0 unspecified atom stereocenters. The molecule has 0 fully saturated rings. The maximum absolute atomic E-state index is 12.4. The molecule has 0 spiro atoms. The van der Waals surface area contributed by atoms with Crippen LogP contribution in [0.1, 0.15) is 168 Å². The average molecular weight is 735 g/mol. The van der Waals surface area contributed by atoms with Gasteiger partial charge in [-0.15, -0.1) is 0 Å². The van der Waals surface area contributed by atoms with Gasteiger partial charge in [0.05, 0.1) is 13.2 Å². The van der Waals surface area contributed by atoms with Crippen LogP contribution in [-0.2, 0) is 23.4 Å². The molecule has 0 aliphatic rings. The number of hydrogen-bond acceptors (Lipinski definition) is 5. The normalized spacial score (nSPS) is 13.4. The molecule has 0 saturated carbocycles. The summed E-state index contributed by atoms with van der Waals surface area (Å²) in [7, 11) is -4.67. The lowest BCUT2D eigenvalue weighted by Crippen LogP contribution is -2.28. The first-order chi connectivity index (χ1) is 24.9. The van der Waals surface area contributed by atoms with E-state index in [1.54, 1.807) is 0 Å². The minimum atomic E-state index is -4.67. The fraction of sp³-hybridized carbons (Fsp3) is 0.698. The van der Waals surface area contributed by atoms with Crippen molar-refractivity contribution in [1.82, 2.24) is 0 Å². The van der Waals surface area contributed by atoms with E-state index < -0.39 is 26.5 Å². The SMILES string of the molecule is CC/C=C\C/C=C\C/C=C\C/C=C\C/C=C\C/C=C\CCC(=O)O[C@H](COCCCCCCCCCCCCCCCCCC)COP(=O)(O)O. The van der Waals surface area contributed by atoms with Gasteiger partial charge in [-0.3, -0.25) is 9.32 Å². The summed E-state index contributed by atoms with van der Waals surface area (Å²) >= 11 is 0. The Morgan fingerprint density at radius 1 is 0.549 bits per heavy atom. The Balaban J connectivity index is 3.96. The number of hydrogen-bond donors (Lipinski definition) is 2. The van der Waals surface area contributed by atoms with Crippen LogP contribution in [0.5, 0.6) is 0 Å². The summed E-state index contributed by atoms with van der Waals surface area (Å²) in [6.45, 7) is 4.56. The van der Waals surface area contributed by atoms with Crippen LogP contribution in [0.4, 0.5) is 0 Å². The van der Waals surface area contributed by atoms with Crippen molar-refractivity contribution in [3.63, 3.8) is 0 Å². The number of phosphoric ester groups is 1. The quantitative estimate of drug-likeness (QED) is 0.0283. The molecule has 0 aliphatic carbocycles. The lowest BCUT2D eigenvalue weighted by molar-refractivity contribution is -0.154. The van der Waals surface area contributed by atoms with Crippen LogP contribution in [0, 0.1) is 0 Å². The van der Waals surface area contributed by atoms with Crippen LogP contribution in [0.2, 0.25) is 0 Å². The summed E-state index contributed by atoms with van der Waals surface area (Å²) < 4.78 is 26.9. The summed E-state index contributed by atoms with van der Waals surface area (Å²) in [6.07, 6.45) is 51.9. The molecule has 8 heteroatoms. The van der Waals surface area contributed by atoms with Crippen molar-refractivity contribution < 1.29 is 33.1 Å². The van der Waals surface area contributed by atoms with E-state index in [1.165, 1.54) is 89.9 Å². The molecule has 0 aromatic carbocycles. The van der Waals surface area contributed by atoms with Crippen molar-refractivity contribution in [3.05, 3.63) is 72.9 Å². The van der Waals surface area contributed by atoms with Gasteiger partial charge >= 0.3 is 13.8 Å². The van der Waals surface area contributed by atoms with Gasteiger partial charge in [-0.1, -0.05) is 183 Å². The molecule has 0 rings (SSSR count). The second-order valence-electron chi connectivity index (χ2n) is 13.2. The molecule has 0 heterocycles. The molecular formula is C43H75O7P. The fourth-order valence-electron chi connectivity index (χ4n) is 5.35. The van der Waals surface area contributed by atoms with Gasteiger partial charge in [0.25, 0.3) is 0 Å². The lowest BCUT2D eigenvalue weighted by Gasteiger charge is -2.18. The third kappa shape index (κ3) is 42.3. The number of phosphoric acid groups is 1. The van der Waals surface area contributed by atoms with Crippen LogP contribution in [0.3, 0.4) is 0 Å². The first kappa shape index (κ1) is 49.0. The lowest BCUT2D eigenvalue weighted by atomic mass is 10.0. The largest absolute Gasteiger partial charge is 0.469 e. The Bertz CT molecular complexity index is 992. The Labute approximate surface area is 313 Å². The minimum absolute atomic E-state index is 0.0460. The van der Waals surface area contributed by atoms with E-state index in [2.05, 4.69) is 79.1 Å². The number of unbranched alkanes of at least 4 members (excludes halogenated alkanes) is 15. The second-order valence-corrected chi connectivity index (χ2v) is 14.5. The zero-order valence-corrected chi connectivity index (χ0v) is 33.4. The Morgan fingerprint density at radius 3 is 1.35 bits per heavy atom. The summed E-state index contributed by atoms with van der Waals surface area (Å²) in [5.41, 5.74) is 0. The van der Waals surface area contributed by atoms with Crippen molar-refractivity contribution in [2.75, 3.05) is 19.8 Å². The first-order valence-electron chi connectivity index (χ1n) is 20.3. The molecule has 2 N–H and O–H groups in total. The van der Waals surface area contributed by atoms with E-state index in [-0.39, 0.29) is 13.0 Å². The molecule has 51 heavy (non-hydrogen) atoms. The number of carbonyl (C=O) groups excluding carboxylic acids is 1. The third-order valence-electron chi connectivity index (χ3n) is 8.28. The zero-order valence-electron chi connectivity index (χ0n) is 32.5. The van der Waals surface area contributed by atoms with Gasteiger partial charge in [0, 0.05) is 13.0 Å². The molecule has 0 radical (unpaired) electrons. The predicted octanol–water partition coefficient (Wildman–Crippen LogP) is 12.8. The van der Waals surface area contributed by atoms with Gasteiger partial charge in [-0.05, 0) is 51.4 Å². The second kappa shape index (κ2) is 39.2. The highest BCUT2D eigenvalue weighted by molar-refractivity contribution is 7.46. The van der Waals surface area contributed by atoms with Crippen molar-refractivity contribution in [1.29, 1.82) is 0 Å². The molecule has 0 amide bonds. The highest BCUT2D eigenvalue weighted by Gasteiger charge is 2.21. The predicted molar refractivity (Wildman–Crippen MR) is 216 cm³/mol. The number of rotatable bonds is 37. The minimum Gasteiger partial charge on any atom is -0.457 e. The van der Waals surface area contributed by atoms with E-state index in [0.717, 1.165) is 51.4 Å². The topological polar surface area (TPSA) is 102 Å². The van der Waals surface area contributed by atoms with Gasteiger partial charge in [0.15, 0.2) is 0 Å². The van der Waals surface area contributed by atoms with E-state index in [0.29, 0.717) is 13.0 Å². The molecule has 0 bridgehead atoms.